The highest BCUT2D eigenvalue weighted by Crippen LogP contribution is 2.47. The van der Waals surface area contributed by atoms with E-state index in [4.69, 9.17) is 4.42 Å². The second-order valence-corrected chi connectivity index (χ2v) is 7.34. The standard InChI is InChI=1S/C20H22N2O3/c1-13-22-16-9-14(5-6-19(16)25-13)21-12-15-17(23)10-20(11-18(15)24)7-3-2-4-8-20/h5-6,9,12,23H,2-4,7-8,10-11H2,1H3. The summed E-state index contributed by atoms with van der Waals surface area (Å²) in [6.07, 6.45) is 8.24. The molecule has 5 nitrogen and oxygen atoms in total. The van der Waals surface area contributed by atoms with Crippen LogP contribution in [0.3, 0.4) is 0 Å². The van der Waals surface area contributed by atoms with Crippen LogP contribution < -0.4 is 0 Å². The maximum absolute atomic E-state index is 12.6. The zero-order valence-corrected chi connectivity index (χ0v) is 14.4. The number of benzene rings is 1. The third-order valence-corrected chi connectivity index (χ3v) is 5.42. The van der Waals surface area contributed by atoms with E-state index in [0.29, 0.717) is 35.6 Å². The molecule has 1 fully saturated rings. The average molecular weight is 338 g/mol. The van der Waals surface area contributed by atoms with Gasteiger partial charge in [0.15, 0.2) is 17.3 Å². The van der Waals surface area contributed by atoms with Crippen molar-refractivity contribution in [2.24, 2.45) is 10.4 Å². The highest BCUT2D eigenvalue weighted by Gasteiger charge is 2.40. The molecular weight excluding hydrogens is 316 g/mol. The highest BCUT2D eigenvalue weighted by atomic mass is 16.3. The molecule has 2 aliphatic rings. The fourth-order valence-corrected chi connectivity index (χ4v) is 4.16. The molecule has 0 aliphatic heterocycles. The summed E-state index contributed by atoms with van der Waals surface area (Å²) in [5, 5.41) is 10.5. The average Bonchev–Trinajstić information content (AvgIpc) is 2.94. The lowest BCUT2D eigenvalue weighted by Gasteiger charge is -2.39. The summed E-state index contributed by atoms with van der Waals surface area (Å²) >= 11 is 0. The Bertz CT molecular complexity index is 885. The minimum absolute atomic E-state index is 0.00718. The summed E-state index contributed by atoms with van der Waals surface area (Å²) in [4.78, 5) is 21.2. The molecule has 0 unspecified atom stereocenters. The first-order chi connectivity index (χ1) is 12.0. The number of carbonyl (C=O) groups excluding carboxylic acids is 1. The lowest BCUT2D eigenvalue weighted by molar-refractivity contribution is -0.119. The summed E-state index contributed by atoms with van der Waals surface area (Å²) in [5.41, 5.74) is 2.47. The molecular formula is C20H22N2O3. The lowest BCUT2D eigenvalue weighted by atomic mass is 9.65. The maximum Gasteiger partial charge on any atom is 0.192 e. The van der Waals surface area contributed by atoms with Crippen molar-refractivity contribution in [1.82, 2.24) is 4.98 Å². The van der Waals surface area contributed by atoms with Gasteiger partial charge in [-0.15, -0.1) is 0 Å². The fourth-order valence-electron chi connectivity index (χ4n) is 4.16. The quantitative estimate of drug-likeness (QED) is 0.785. The Morgan fingerprint density at radius 3 is 2.80 bits per heavy atom. The molecule has 2 aliphatic carbocycles. The van der Waals surface area contributed by atoms with Gasteiger partial charge in [0.1, 0.15) is 11.3 Å². The molecule has 1 N–H and O–H groups in total. The number of aliphatic hydroxyl groups is 1. The summed E-state index contributed by atoms with van der Waals surface area (Å²) in [6, 6.07) is 5.45. The molecule has 1 aromatic heterocycles. The number of allylic oxidation sites excluding steroid dienone is 2. The molecule has 0 amide bonds. The van der Waals surface area contributed by atoms with Crippen molar-refractivity contribution in [3.8, 4) is 0 Å². The van der Waals surface area contributed by atoms with E-state index >= 15 is 0 Å². The Morgan fingerprint density at radius 2 is 2.04 bits per heavy atom. The fraction of sp³-hybridized carbons (Fsp3) is 0.450. The first kappa shape index (κ1) is 16.1. The van der Waals surface area contributed by atoms with Crippen LogP contribution in [-0.2, 0) is 4.79 Å². The van der Waals surface area contributed by atoms with Crippen molar-refractivity contribution < 1.29 is 14.3 Å². The number of fused-ring (bicyclic) bond motifs is 1. The molecule has 1 saturated carbocycles. The van der Waals surface area contributed by atoms with Gasteiger partial charge in [-0.3, -0.25) is 9.79 Å². The third-order valence-electron chi connectivity index (χ3n) is 5.42. The van der Waals surface area contributed by atoms with E-state index in [1.54, 1.807) is 6.92 Å². The number of rotatable bonds is 2. The minimum atomic E-state index is -0.0199. The zero-order chi connectivity index (χ0) is 17.4. The number of aromatic nitrogens is 1. The van der Waals surface area contributed by atoms with Crippen LogP contribution >= 0.6 is 0 Å². The molecule has 4 rings (SSSR count). The Kier molecular flexibility index (Phi) is 3.94. The second-order valence-electron chi connectivity index (χ2n) is 7.34. The van der Waals surface area contributed by atoms with Crippen LogP contribution in [0, 0.1) is 12.3 Å². The van der Waals surface area contributed by atoms with Crippen molar-refractivity contribution in [1.29, 1.82) is 0 Å². The van der Waals surface area contributed by atoms with Crippen LogP contribution in [0.2, 0.25) is 0 Å². The van der Waals surface area contributed by atoms with Gasteiger partial charge in [-0.2, -0.15) is 0 Å². The number of aliphatic imine (C=N–C) groups is 1. The Morgan fingerprint density at radius 1 is 1.24 bits per heavy atom. The van der Waals surface area contributed by atoms with Crippen molar-refractivity contribution in [3.05, 3.63) is 35.4 Å². The first-order valence-electron chi connectivity index (χ1n) is 8.91. The number of hydrogen-bond acceptors (Lipinski definition) is 5. The van der Waals surface area contributed by atoms with Gasteiger partial charge in [0.25, 0.3) is 0 Å². The normalized spacial score (nSPS) is 20.9. The summed E-state index contributed by atoms with van der Waals surface area (Å²) < 4.78 is 5.45. The molecule has 0 saturated heterocycles. The summed E-state index contributed by atoms with van der Waals surface area (Å²) in [5.74, 6) is 0.810. The predicted octanol–water partition coefficient (Wildman–Crippen LogP) is 4.96. The number of oxazole rings is 1. The number of Topliss-reactive ketones (excluding diaryl/α,β-unsaturated/α-hetero) is 1. The molecule has 25 heavy (non-hydrogen) atoms. The van der Waals surface area contributed by atoms with Gasteiger partial charge in [0.05, 0.1) is 11.3 Å². The summed E-state index contributed by atoms with van der Waals surface area (Å²) in [7, 11) is 0. The molecule has 0 bridgehead atoms. The van der Waals surface area contributed by atoms with E-state index in [1.165, 1.54) is 12.6 Å². The topological polar surface area (TPSA) is 75.7 Å². The van der Waals surface area contributed by atoms with Crippen LogP contribution in [0.25, 0.3) is 11.1 Å². The lowest BCUT2D eigenvalue weighted by Crippen LogP contribution is -2.33. The molecule has 1 spiro atoms. The van der Waals surface area contributed by atoms with Crippen molar-refractivity contribution in [2.75, 3.05) is 0 Å². The van der Waals surface area contributed by atoms with Gasteiger partial charge in [-0.1, -0.05) is 19.3 Å². The van der Waals surface area contributed by atoms with Gasteiger partial charge < -0.3 is 9.52 Å². The first-order valence-corrected chi connectivity index (χ1v) is 8.91. The number of nitrogens with zero attached hydrogens (tertiary/aromatic N) is 2. The largest absolute Gasteiger partial charge is 0.511 e. The number of hydrogen-bond donors (Lipinski definition) is 1. The number of carbonyl (C=O) groups is 1. The maximum atomic E-state index is 12.6. The smallest absolute Gasteiger partial charge is 0.192 e. The third kappa shape index (κ3) is 3.11. The highest BCUT2D eigenvalue weighted by molar-refractivity contribution is 6.15. The molecule has 130 valence electrons. The Balaban J connectivity index is 1.58. The van der Waals surface area contributed by atoms with Gasteiger partial charge in [0, 0.05) is 26.0 Å². The Labute approximate surface area is 146 Å². The second kappa shape index (κ2) is 6.14. The van der Waals surface area contributed by atoms with Crippen molar-refractivity contribution >= 4 is 28.8 Å². The molecule has 1 heterocycles. The van der Waals surface area contributed by atoms with E-state index in [9.17, 15) is 9.90 Å². The van der Waals surface area contributed by atoms with Gasteiger partial charge in [0.2, 0.25) is 0 Å². The van der Waals surface area contributed by atoms with E-state index < -0.39 is 0 Å². The van der Waals surface area contributed by atoms with Gasteiger partial charge >= 0.3 is 0 Å². The molecule has 5 heteroatoms. The molecule has 0 atom stereocenters. The monoisotopic (exact) mass is 338 g/mol. The van der Waals surface area contributed by atoms with Gasteiger partial charge in [-0.05, 0) is 36.5 Å². The van der Waals surface area contributed by atoms with Crippen molar-refractivity contribution in [2.45, 2.75) is 51.9 Å². The Hall–Kier alpha value is -2.43. The number of aryl methyl sites for hydroxylation is 1. The van der Waals surface area contributed by atoms with Crippen LogP contribution in [0.15, 0.2) is 38.9 Å². The molecule has 0 radical (unpaired) electrons. The van der Waals surface area contributed by atoms with Crippen LogP contribution in [-0.4, -0.2) is 22.1 Å². The minimum Gasteiger partial charge on any atom is -0.511 e. The number of ketones is 1. The predicted molar refractivity (Wildman–Crippen MR) is 96.3 cm³/mol. The number of aliphatic hydroxyl groups excluding tert-OH is 1. The SMILES string of the molecule is Cc1nc2cc(N=CC3=C(O)CC4(CCCCC4)CC3=O)ccc2o1. The van der Waals surface area contributed by atoms with E-state index in [1.807, 2.05) is 18.2 Å². The molecule has 1 aromatic carbocycles. The molecule has 2 aromatic rings. The van der Waals surface area contributed by atoms with Crippen LogP contribution in [0.5, 0.6) is 0 Å². The zero-order valence-electron chi connectivity index (χ0n) is 14.4. The van der Waals surface area contributed by atoms with E-state index in [0.717, 1.165) is 31.2 Å². The van der Waals surface area contributed by atoms with Crippen LogP contribution in [0.1, 0.15) is 50.8 Å². The summed E-state index contributed by atoms with van der Waals surface area (Å²) in [6.45, 7) is 1.80. The van der Waals surface area contributed by atoms with Crippen LogP contribution in [0.4, 0.5) is 5.69 Å². The van der Waals surface area contributed by atoms with Gasteiger partial charge in [-0.25, -0.2) is 4.98 Å². The van der Waals surface area contributed by atoms with E-state index in [2.05, 4.69) is 9.98 Å². The van der Waals surface area contributed by atoms with E-state index in [-0.39, 0.29) is 17.0 Å². The van der Waals surface area contributed by atoms with Crippen molar-refractivity contribution in [3.63, 3.8) is 0 Å².